The average molecular weight is 296 g/mol. The van der Waals surface area contributed by atoms with Gasteiger partial charge in [-0.25, -0.2) is 0 Å². The molecule has 2 aromatic carbocycles. The van der Waals surface area contributed by atoms with Crippen LogP contribution in [-0.2, 0) is 11.0 Å². The minimum Gasteiger partial charge on any atom is -0.505 e. The van der Waals surface area contributed by atoms with E-state index in [2.05, 4.69) is 31.0 Å². The molecule has 0 saturated heterocycles. The first kappa shape index (κ1) is 16.2. The summed E-state index contributed by atoms with van der Waals surface area (Å²) in [6.07, 6.45) is 0. The van der Waals surface area contributed by atoms with Gasteiger partial charge in [0.05, 0.1) is 0 Å². The van der Waals surface area contributed by atoms with E-state index >= 15 is 0 Å². The molecule has 0 aromatic heterocycles. The smallest absolute Gasteiger partial charge is 0.146 e. The minimum atomic E-state index is -0.439. The Hall–Kier alpha value is -2.16. The molecule has 1 N–H and O–H groups in total. The van der Waals surface area contributed by atoms with Crippen LogP contribution in [0, 0.1) is 0 Å². The first-order chi connectivity index (χ1) is 10.2. The van der Waals surface area contributed by atoms with E-state index in [1.807, 2.05) is 56.3 Å². The predicted molar refractivity (Wildman–Crippen MR) is 90.8 cm³/mol. The molecule has 2 rings (SSSR count). The predicted octanol–water partition coefficient (Wildman–Crippen LogP) is 5.71. The Morgan fingerprint density at radius 2 is 1.45 bits per heavy atom. The molecule has 0 amide bonds. The Balaban J connectivity index is 2.35. The molecular formula is C19H24N2O. The maximum atomic E-state index is 10.4. The van der Waals surface area contributed by atoms with Crippen LogP contribution in [0.2, 0.25) is 0 Å². The standard InChI is InChI=1S/C19H24N2O/c1-18(2,3)15-12-9-13-16(17(15)22)20-21-19(4,5)14-10-7-6-8-11-14/h6-13,22H,1-5H3. The molecule has 116 valence electrons. The number of hydrogen-bond donors (Lipinski definition) is 1. The Kier molecular flexibility index (Phi) is 4.36. The monoisotopic (exact) mass is 296 g/mol. The number of aromatic hydroxyl groups is 1. The van der Waals surface area contributed by atoms with Crippen molar-refractivity contribution < 1.29 is 5.11 Å². The highest BCUT2D eigenvalue weighted by molar-refractivity contribution is 5.56. The lowest BCUT2D eigenvalue weighted by atomic mass is 9.86. The van der Waals surface area contributed by atoms with Gasteiger partial charge in [0.1, 0.15) is 17.0 Å². The quantitative estimate of drug-likeness (QED) is 0.724. The lowest BCUT2D eigenvalue weighted by molar-refractivity contribution is 0.446. The molecule has 22 heavy (non-hydrogen) atoms. The van der Waals surface area contributed by atoms with Crippen LogP contribution in [0.1, 0.15) is 45.7 Å². The lowest BCUT2D eigenvalue weighted by Crippen LogP contribution is -2.12. The minimum absolute atomic E-state index is 0.134. The molecule has 0 aliphatic rings. The van der Waals surface area contributed by atoms with Crippen LogP contribution in [0.4, 0.5) is 5.69 Å². The SMILES string of the molecule is CC(C)(C)c1cccc(N=NC(C)(C)c2ccccc2)c1O. The number of benzene rings is 2. The number of nitrogens with zero attached hydrogens (tertiary/aromatic N) is 2. The fourth-order valence-electron chi connectivity index (χ4n) is 2.30. The molecule has 0 atom stereocenters. The summed E-state index contributed by atoms with van der Waals surface area (Å²) in [4.78, 5) is 0. The Morgan fingerprint density at radius 1 is 0.818 bits per heavy atom. The van der Waals surface area contributed by atoms with E-state index in [9.17, 15) is 5.11 Å². The summed E-state index contributed by atoms with van der Waals surface area (Å²) in [5.41, 5.74) is 1.90. The number of phenolic OH excluding ortho intramolecular Hbond substituents is 1. The summed E-state index contributed by atoms with van der Waals surface area (Å²) in [6, 6.07) is 15.6. The van der Waals surface area contributed by atoms with Gasteiger partial charge in [-0.15, -0.1) is 0 Å². The third-order valence-corrected chi connectivity index (χ3v) is 3.71. The summed E-state index contributed by atoms with van der Waals surface area (Å²) in [5, 5.41) is 19.2. The van der Waals surface area contributed by atoms with Gasteiger partial charge in [-0.2, -0.15) is 10.2 Å². The number of hydrogen-bond acceptors (Lipinski definition) is 3. The van der Waals surface area contributed by atoms with E-state index in [1.165, 1.54) is 0 Å². The molecule has 0 spiro atoms. The van der Waals surface area contributed by atoms with Gasteiger partial charge in [-0.3, -0.25) is 0 Å². The van der Waals surface area contributed by atoms with Crippen LogP contribution in [0.15, 0.2) is 58.8 Å². The zero-order valence-corrected chi connectivity index (χ0v) is 14.0. The van der Waals surface area contributed by atoms with Crippen molar-refractivity contribution in [3.63, 3.8) is 0 Å². The van der Waals surface area contributed by atoms with Crippen molar-refractivity contribution in [2.24, 2.45) is 10.2 Å². The second kappa shape index (κ2) is 5.91. The van der Waals surface area contributed by atoms with Crippen LogP contribution in [0.3, 0.4) is 0 Å². The Bertz CT molecular complexity index is 668. The summed E-state index contributed by atoms with van der Waals surface area (Å²) in [6.45, 7) is 10.2. The molecule has 0 saturated carbocycles. The van der Waals surface area contributed by atoms with Crippen molar-refractivity contribution in [2.45, 2.75) is 45.6 Å². The van der Waals surface area contributed by atoms with Crippen molar-refractivity contribution in [3.05, 3.63) is 59.7 Å². The first-order valence-corrected chi connectivity index (χ1v) is 7.53. The second-order valence-electron chi connectivity index (χ2n) is 7.05. The van der Waals surface area contributed by atoms with Gasteiger partial charge in [0.2, 0.25) is 0 Å². The highest BCUT2D eigenvalue weighted by Crippen LogP contribution is 2.38. The van der Waals surface area contributed by atoms with E-state index in [-0.39, 0.29) is 11.2 Å². The van der Waals surface area contributed by atoms with Gasteiger partial charge in [0, 0.05) is 5.56 Å². The van der Waals surface area contributed by atoms with Crippen LogP contribution < -0.4 is 0 Å². The van der Waals surface area contributed by atoms with Crippen LogP contribution >= 0.6 is 0 Å². The number of phenols is 1. The number of rotatable bonds is 3. The van der Waals surface area contributed by atoms with Crippen molar-refractivity contribution in [1.29, 1.82) is 0 Å². The zero-order chi connectivity index (χ0) is 16.4. The topological polar surface area (TPSA) is 45.0 Å². The van der Waals surface area contributed by atoms with Gasteiger partial charge in [-0.05, 0) is 30.9 Å². The molecule has 3 nitrogen and oxygen atoms in total. The van der Waals surface area contributed by atoms with E-state index in [4.69, 9.17) is 0 Å². The summed E-state index contributed by atoms with van der Waals surface area (Å²) < 4.78 is 0. The van der Waals surface area contributed by atoms with Crippen LogP contribution in [-0.4, -0.2) is 5.11 Å². The van der Waals surface area contributed by atoms with Crippen molar-refractivity contribution in [1.82, 2.24) is 0 Å². The summed E-state index contributed by atoms with van der Waals surface area (Å²) >= 11 is 0. The maximum absolute atomic E-state index is 10.4. The van der Waals surface area contributed by atoms with E-state index in [0.717, 1.165) is 11.1 Å². The Morgan fingerprint density at radius 3 is 2.05 bits per heavy atom. The van der Waals surface area contributed by atoms with Crippen molar-refractivity contribution >= 4 is 5.69 Å². The highest BCUT2D eigenvalue weighted by atomic mass is 16.3. The molecule has 0 aliphatic heterocycles. The number of azo groups is 1. The van der Waals surface area contributed by atoms with E-state index in [0.29, 0.717) is 5.69 Å². The third kappa shape index (κ3) is 3.53. The molecular weight excluding hydrogens is 272 g/mol. The molecule has 0 bridgehead atoms. The van der Waals surface area contributed by atoms with Gasteiger partial charge < -0.3 is 5.11 Å². The summed E-state index contributed by atoms with van der Waals surface area (Å²) in [5.74, 6) is 0.211. The normalized spacial score (nSPS) is 12.8. The largest absolute Gasteiger partial charge is 0.505 e. The molecule has 0 unspecified atom stereocenters. The fraction of sp³-hybridized carbons (Fsp3) is 0.368. The van der Waals surface area contributed by atoms with Crippen LogP contribution in [0.25, 0.3) is 0 Å². The fourth-order valence-corrected chi connectivity index (χ4v) is 2.30. The zero-order valence-electron chi connectivity index (χ0n) is 14.0. The molecule has 2 aromatic rings. The van der Waals surface area contributed by atoms with Crippen LogP contribution in [0.5, 0.6) is 5.75 Å². The molecule has 3 heteroatoms. The van der Waals surface area contributed by atoms with Gasteiger partial charge in [-0.1, -0.05) is 63.2 Å². The average Bonchev–Trinajstić information content (AvgIpc) is 2.46. The first-order valence-electron chi connectivity index (χ1n) is 7.53. The van der Waals surface area contributed by atoms with E-state index in [1.54, 1.807) is 6.07 Å². The Labute approximate surface area is 132 Å². The van der Waals surface area contributed by atoms with Crippen molar-refractivity contribution in [3.8, 4) is 5.75 Å². The molecule has 0 aliphatic carbocycles. The second-order valence-corrected chi connectivity index (χ2v) is 7.05. The molecule has 0 fully saturated rings. The maximum Gasteiger partial charge on any atom is 0.146 e. The van der Waals surface area contributed by atoms with Crippen molar-refractivity contribution in [2.75, 3.05) is 0 Å². The third-order valence-electron chi connectivity index (χ3n) is 3.71. The van der Waals surface area contributed by atoms with Gasteiger partial charge in [0.15, 0.2) is 0 Å². The molecule has 0 heterocycles. The lowest BCUT2D eigenvalue weighted by Gasteiger charge is -2.21. The van der Waals surface area contributed by atoms with Gasteiger partial charge in [0.25, 0.3) is 0 Å². The summed E-state index contributed by atoms with van der Waals surface area (Å²) in [7, 11) is 0. The highest BCUT2D eigenvalue weighted by Gasteiger charge is 2.22. The van der Waals surface area contributed by atoms with Gasteiger partial charge >= 0.3 is 0 Å². The number of para-hydroxylation sites is 1. The molecule has 0 radical (unpaired) electrons. The van der Waals surface area contributed by atoms with E-state index < -0.39 is 5.54 Å².